The standard InChI is InChI=1S/C17H26BF3N3O2/c1-12-13(11-18(19,20)21)9-14(22)10-15(12)23-5-7-24(8-6-23)16(25)26-17(2,3)4/h9-10H,5-8,11,22H2,1-4H3/q-1. The Morgan fingerprint density at radius 2 is 1.77 bits per heavy atom. The Morgan fingerprint density at radius 3 is 2.27 bits per heavy atom. The van der Waals surface area contributed by atoms with Crippen LogP contribution < -0.4 is 10.6 Å². The van der Waals surface area contributed by atoms with Gasteiger partial charge in [-0.1, -0.05) is 11.9 Å². The molecule has 26 heavy (non-hydrogen) atoms. The first-order valence-corrected chi connectivity index (χ1v) is 8.68. The maximum absolute atomic E-state index is 12.9. The van der Waals surface area contributed by atoms with Crippen molar-refractivity contribution in [1.82, 2.24) is 4.90 Å². The number of nitrogen functional groups attached to an aromatic ring is 1. The lowest BCUT2D eigenvalue weighted by Gasteiger charge is -2.38. The molecule has 0 radical (unpaired) electrons. The number of piperazine rings is 1. The molecular weight excluding hydrogens is 346 g/mol. The smallest absolute Gasteiger partial charge is 0.449 e. The van der Waals surface area contributed by atoms with Gasteiger partial charge in [-0.15, -0.1) is 0 Å². The molecule has 1 amide bonds. The van der Waals surface area contributed by atoms with Crippen molar-refractivity contribution >= 4 is 24.4 Å². The first-order valence-electron chi connectivity index (χ1n) is 8.68. The molecule has 9 heteroatoms. The lowest BCUT2D eigenvalue weighted by atomic mass is 9.80. The van der Waals surface area contributed by atoms with E-state index in [4.69, 9.17) is 10.5 Å². The number of anilines is 2. The van der Waals surface area contributed by atoms with Crippen LogP contribution in [-0.4, -0.2) is 49.8 Å². The number of carbonyl (C=O) groups is 1. The number of halogens is 3. The third-order valence-electron chi connectivity index (χ3n) is 4.23. The molecule has 0 spiro atoms. The Labute approximate surface area is 152 Å². The number of carbonyl (C=O) groups excluding carboxylic acids is 1. The van der Waals surface area contributed by atoms with Gasteiger partial charge < -0.3 is 33.2 Å². The van der Waals surface area contributed by atoms with Crippen LogP contribution in [0, 0.1) is 6.92 Å². The van der Waals surface area contributed by atoms with Gasteiger partial charge >= 0.3 is 13.1 Å². The molecule has 2 N–H and O–H groups in total. The highest BCUT2D eigenvalue weighted by Crippen LogP contribution is 2.30. The lowest BCUT2D eigenvalue weighted by Crippen LogP contribution is -2.50. The van der Waals surface area contributed by atoms with E-state index in [2.05, 4.69) is 0 Å². The van der Waals surface area contributed by atoms with E-state index in [1.165, 1.54) is 6.07 Å². The van der Waals surface area contributed by atoms with Crippen molar-refractivity contribution < 1.29 is 22.5 Å². The minimum absolute atomic E-state index is 0.210. The summed E-state index contributed by atoms with van der Waals surface area (Å²) in [6, 6.07) is 3.09. The first-order chi connectivity index (χ1) is 11.9. The molecule has 5 nitrogen and oxygen atoms in total. The second-order valence-electron chi connectivity index (χ2n) is 7.69. The Hall–Kier alpha value is -2.06. The van der Waals surface area contributed by atoms with Crippen LogP contribution >= 0.6 is 0 Å². The zero-order valence-corrected chi connectivity index (χ0v) is 15.7. The van der Waals surface area contributed by atoms with Crippen LogP contribution in [0.4, 0.5) is 29.1 Å². The van der Waals surface area contributed by atoms with Crippen molar-refractivity contribution in [3.8, 4) is 0 Å². The van der Waals surface area contributed by atoms with Crippen molar-refractivity contribution in [2.24, 2.45) is 0 Å². The molecule has 1 aliphatic rings. The quantitative estimate of drug-likeness (QED) is 0.651. The largest absolute Gasteiger partial charge is 0.482 e. The molecule has 0 aliphatic carbocycles. The van der Waals surface area contributed by atoms with Crippen LogP contribution in [-0.2, 0) is 11.1 Å². The Balaban J connectivity index is 2.11. The molecule has 1 saturated heterocycles. The normalized spacial score (nSPS) is 16.0. The van der Waals surface area contributed by atoms with Gasteiger partial charge in [0.1, 0.15) is 5.60 Å². The number of benzene rings is 1. The maximum atomic E-state index is 12.9. The third-order valence-corrected chi connectivity index (χ3v) is 4.23. The fourth-order valence-electron chi connectivity index (χ4n) is 3.03. The Kier molecular flexibility index (Phi) is 5.68. The zero-order valence-electron chi connectivity index (χ0n) is 15.7. The molecule has 2 rings (SSSR count). The summed E-state index contributed by atoms with van der Waals surface area (Å²) in [7, 11) is 0. The Bertz CT molecular complexity index is 666. The van der Waals surface area contributed by atoms with Crippen molar-refractivity contribution in [1.29, 1.82) is 0 Å². The summed E-state index contributed by atoms with van der Waals surface area (Å²) in [5.41, 5.74) is 7.08. The average molecular weight is 372 g/mol. The van der Waals surface area contributed by atoms with Crippen LogP contribution in [0.5, 0.6) is 0 Å². The molecule has 0 bridgehead atoms. The van der Waals surface area contributed by atoms with E-state index in [9.17, 15) is 17.7 Å². The number of nitrogens with two attached hydrogens (primary N) is 1. The van der Waals surface area contributed by atoms with Gasteiger partial charge in [0.05, 0.1) is 0 Å². The third kappa shape index (κ3) is 5.47. The molecule has 1 aliphatic heterocycles. The Morgan fingerprint density at radius 1 is 1.19 bits per heavy atom. The predicted molar refractivity (Wildman–Crippen MR) is 98.4 cm³/mol. The lowest BCUT2D eigenvalue weighted by molar-refractivity contribution is 0.0240. The van der Waals surface area contributed by atoms with Crippen LogP contribution in [0.2, 0.25) is 0 Å². The van der Waals surface area contributed by atoms with E-state index in [1.54, 1.807) is 38.7 Å². The molecule has 1 fully saturated rings. The molecule has 0 aromatic heterocycles. The van der Waals surface area contributed by atoms with Crippen molar-refractivity contribution in [3.05, 3.63) is 23.3 Å². The van der Waals surface area contributed by atoms with Crippen LogP contribution in [0.15, 0.2) is 12.1 Å². The van der Waals surface area contributed by atoms with Crippen LogP contribution in [0.1, 0.15) is 31.9 Å². The number of hydrogen-bond acceptors (Lipinski definition) is 4. The molecule has 1 aromatic rings. The average Bonchev–Trinajstić information content (AvgIpc) is 2.47. The summed E-state index contributed by atoms with van der Waals surface area (Å²) in [6.45, 7) is 4.10. The molecule has 1 heterocycles. The highest BCUT2D eigenvalue weighted by molar-refractivity contribution is 6.57. The van der Waals surface area contributed by atoms with E-state index in [-0.39, 0.29) is 11.7 Å². The van der Waals surface area contributed by atoms with Gasteiger partial charge in [-0.05, 0) is 45.4 Å². The number of amides is 1. The maximum Gasteiger partial charge on any atom is 0.482 e. The second-order valence-corrected chi connectivity index (χ2v) is 7.69. The van der Waals surface area contributed by atoms with E-state index >= 15 is 0 Å². The van der Waals surface area contributed by atoms with E-state index in [0.29, 0.717) is 43.1 Å². The predicted octanol–water partition coefficient (Wildman–Crippen LogP) is 3.56. The zero-order chi connectivity index (χ0) is 19.7. The van der Waals surface area contributed by atoms with Crippen LogP contribution in [0.25, 0.3) is 0 Å². The van der Waals surface area contributed by atoms with Crippen molar-refractivity contribution in [2.45, 2.75) is 39.6 Å². The van der Waals surface area contributed by atoms with E-state index in [1.807, 2.05) is 4.90 Å². The fraction of sp³-hybridized carbons (Fsp3) is 0.588. The summed E-state index contributed by atoms with van der Waals surface area (Å²) in [6.07, 6.45) is -1.32. The van der Waals surface area contributed by atoms with Crippen molar-refractivity contribution in [2.75, 3.05) is 36.8 Å². The topological polar surface area (TPSA) is 58.8 Å². The van der Waals surface area contributed by atoms with E-state index in [0.717, 1.165) is 0 Å². The molecule has 0 unspecified atom stereocenters. The number of nitrogens with zero attached hydrogens (tertiary/aromatic N) is 2. The summed E-state index contributed by atoms with van der Waals surface area (Å²) in [5, 5.41) is 0. The highest BCUT2D eigenvalue weighted by Gasteiger charge is 2.28. The molecule has 0 atom stereocenters. The number of rotatable bonds is 3. The molecular formula is C17H26BF3N3O2-. The minimum Gasteiger partial charge on any atom is -0.449 e. The number of ether oxygens (including phenoxy) is 1. The van der Waals surface area contributed by atoms with Gasteiger partial charge in [-0.3, -0.25) is 0 Å². The monoisotopic (exact) mass is 372 g/mol. The highest BCUT2D eigenvalue weighted by atomic mass is 19.4. The fourth-order valence-corrected chi connectivity index (χ4v) is 3.03. The second kappa shape index (κ2) is 7.29. The van der Waals surface area contributed by atoms with E-state index < -0.39 is 18.9 Å². The SMILES string of the molecule is Cc1c(C[B-](F)(F)F)cc(N)cc1N1CCN(C(=O)OC(C)(C)C)CC1. The number of hydrogen-bond donors (Lipinski definition) is 1. The van der Waals surface area contributed by atoms with Gasteiger partial charge in [-0.25, -0.2) is 4.79 Å². The summed E-state index contributed by atoms with van der Waals surface area (Å²) in [4.78, 5) is 15.7. The minimum atomic E-state index is -4.93. The van der Waals surface area contributed by atoms with Crippen LogP contribution in [0.3, 0.4) is 0 Å². The van der Waals surface area contributed by atoms with Gasteiger partial charge in [0.15, 0.2) is 0 Å². The summed E-state index contributed by atoms with van der Waals surface area (Å²) in [5.74, 6) is 0. The van der Waals surface area contributed by atoms with Gasteiger partial charge in [0.25, 0.3) is 0 Å². The van der Waals surface area contributed by atoms with Crippen molar-refractivity contribution in [3.63, 3.8) is 0 Å². The van der Waals surface area contributed by atoms with Gasteiger partial charge in [-0.2, -0.15) is 0 Å². The molecule has 0 saturated carbocycles. The van der Waals surface area contributed by atoms with Gasteiger partial charge in [0.2, 0.25) is 0 Å². The molecule has 1 aromatic carbocycles. The summed E-state index contributed by atoms with van der Waals surface area (Å²) >= 11 is 0. The summed E-state index contributed by atoms with van der Waals surface area (Å²) < 4.78 is 43.9. The molecule has 146 valence electrons. The first kappa shape index (κ1) is 20.3. The van der Waals surface area contributed by atoms with Gasteiger partial charge in [0, 0.05) is 37.6 Å².